The number of phenols is 1. The summed E-state index contributed by atoms with van der Waals surface area (Å²) in [6, 6.07) is 21.4. The van der Waals surface area contributed by atoms with Crippen molar-refractivity contribution in [1.29, 1.82) is 0 Å². The zero-order valence-electron chi connectivity index (χ0n) is 27.2. The summed E-state index contributed by atoms with van der Waals surface area (Å²) < 4.78 is 0. The third kappa shape index (κ3) is 6.72. The molecule has 0 aliphatic rings. The number of pyridine rings is 2. The lowest BCUT2D eigenvalue weighted by Crippen LogP contribution is -2.17. The van der Waals surface area contributed by atoms with E-state index in [2.05, 4.69) is 137 Å². The van der Waals surface area contributed by atoms with Crippen LogP contribution in [0.5, 0.6) is 5.75 Å². The average Bonchev–Trinajstić information content (AvgIpc) is 2.86. The number of hydrogen-bond acceptors (Lipinski definition) is 3. The molecule has 0 radical (unpaired) electrons. The lowest BCUT2D eigenvalue weighted by Gasteiger charge is -2.28. The van der Waals surface area contributed by atoms with Gasteiger partial charge in [0.25, 0.3) is 0 Å². The van der Waals surface area contributed by atoms with Crippen molar-refractivity contribution in [3.8, 4) is 39.5 Å². The molecule has 0 saturated carbocycles. The van der Waals surface area contributed by atoms with E-state index in [1.165, 1.54) is 16.7 Å². The van der Waals surface area contributed by atoms with E-state index < -0.39 is 0 Å². The highest BCUT2D eigenvalue weighted by molar-refractivity contribution is 5.77. The lowest BCUT2D eigenvalue weighted by molar-refractivity contribution is 0.446. The van der Waals surface area contributed by atoms with E-state index in [1.807, 2.05) is 18.3 Å². The first-order valence-electron chi connectivity index (χ1n) is 14.7. The Kier molecular flexibility index (Phi) is 7.75. The monoisotopic (exact) mass is 548 g/mol. The summed E-state index contributed by atoms with van der Waals surface area (Å²) in [5, 5.41) is 11.7. The number of aromatic hydroxyl groups is 1. The van der Waals surface area contributed by atoms with Gasteiger partial charge in [-0.25, -0.2) is 4.98 Å². The first-order chi connectivity index (χ1) is 18.7. The maximum atomic E-state index is 11.7. The number of phenolic OH excluding ortho intramolecular Hbond substituents is 1. The highest BCUT2D eigenvalue weighted by Gasteiger charge is 2.27. The van der Waals surface area contributed by atoms with Crippen molar-refractivity contribution in [2.45, 2.75) is 105 Å². The number of nitrogens with zero attached hydrogens (tertiary/aromatic N) is 2. The summed E-state index contributed by atoms with van der Waals surface area (Å²) in [5.41, 5.74) is 9.62. The van der Waals surface area contributed by atoms with Crippen LogP contribution in [-0.4, -0.2) is 15.1 Å². The third-order valence-corrected chi connectivity index (χ3v) is 7.81. The molecule has 0 atom stereocenters. The zero-order chi connectivity index (χ0) is 30.5. The Morgan fingerprint density at radius 3 is 1.54 bits per heavy atom. The fraction of sp³-hybridized carbons (Fsp3) is 0.421. The second kappa shape index (κ2) is 10.4. The van der Waals surface area contributed by atoms with Gasteiger partial charge < -0.3 is 5.11 Å². The highest BCUT2D eigenvalue weighted by atomic mass is 16.3. The SMILES string of the molecule is CC(C)(C)c1cc(-c2ccccn2)cc(-c2cc(C(C)(C)C)cc(-c3cc(C(C)(C)C)cc(C(C)(C)C)c3O)n2)c1. The normalized spacial score (nSPS) is 13.0. The third-order valence-electron chi connectivity index (χ3n) is 7.81. The van der Waals surface area contributed by atoms with Gasteiger partial charge in [0, 0.05) is 28.5 Å². The quantitative estimate of drug-likeness (QED) is 0.277. The Balaban J connectivity index is 2.06. The van der Waals surface area contributed by atoms with E-state index >= 15 is 0 Å². The van der Waals surface area contributed by atoms with Gasteiger partial charge in [0.2, 0.25) is 0 Å². The summed E-state index contributed by atoms with van der Waals surface area (Å²) in [6.45, 7) is 26.5. The minimum Gasteiger partial charge on any atom is -0.507 e. The second-order valence-corrected chi connectivity index (χ2v) is 15.6. The highest BCUT2D eigenvalue weighted by Crippen LogP contribution is 2.43. The molecule has 0 fully saturated rings. The topological polar surface area (TPSA) is 46.0 Å². The van der Waals surface area contributed by atoms with Crippen molar-refractivity contribution < 1.29 is 5.11 Å². The maximum absolute atomic E-state index is 11.7. The molecule has 0 amide bonds. The van der Waals surface area contributed by atoms with E-state index in [1.54, 1.807) is 0 Å². The molecule has 216 valence electrons. The molecule has 0 bridgehead atoms. The predicted molar refractivity (Wildman–Crippen MR) is 175 cm³/mol. The molecule has 3 nitrogen and oxygen atoms in total. The number of benzene rings is 2. The minimum atomic E-state index is -0.219. The molecule has 3 heteroatoms. The summed E-state index contributed by atoms with van der Waals surface area (Å²) >= 11 is 0. The first-order valence-corrected chi connectivity index (χ1v) is 14.7. The second-order valence-electron chi connectivity index (χ2n) is 15.6. The van der Waals surface area contributed by atoms with Crippen LogP contribution in [0.4, 0.5) is 0 Å². The smallest absolute Gasteiger partial charge is 0.128 e. The van der Waals surface area contributed by atoms with Gasteiger partial charge in [-0.3, -0.25) is 4.98 Å². The Bertz CT molecular complexity index is 1550. The van der Waals surface area contributed by atoms with Crippen LogP contribution in [0, 0.1) is 0 Å². The van der Waals surface area contributed by atoms with Crippen molar-refractivity contribution in [3.63, 3.8) is 0 Å². The van der Waals surface area contributed by atoms with Crippen LogP contribution in [0.25, 0.3) is 33.8 Å². The molecule has 2 aromatic heterocycles. The van der Waals surface area contributed by atoms with Crippen LogP contribution >= 0.6 is 0 Å². The molecule has 41 heavy (non-hydrogen) atoms. The number of aromatic nitrogens is 2. The van der Waals surface area contributed by atoms with E-state index in [0.29, 0.717) is 5.75 Å². The van der Waals surface area contributed by atoms with Crippen LogP contribution in [0.2, 0.25) is 0 Å². The number of rotatable bonds is 3. The minimum absolute atomic E-state index is 0.0507. The Morgan fingerprint density at radius 1 is 0.512 bits per heavy atom. The summed E-state index contributed by atoms with van der Waals surface area (Å²) in [7, 11) is 0. The lowest BCUT2D eigenvalue weighted by atomic mass is 9.78. The van der Waals surface area contributed by atoms with Crippen molar-refractivity contribution in [1.82, 2.24) is 9.97 Å². The fourth-order valence-corrected chi connectivity index (χ4v) is 4.97. The van der Waals surface area contributed by atoms with Crippen molar-refractivity contribution in [3.05, 3.63) is 89.1 Å². The van der Waals surface area contributed by atoms with Gasteiger partial charge in [0.05, 0.1) is 17.1 Å². The molecule has 0 saturated heterocycles. The molecule has 2 heterocycles. The Morgan fingerprint density at radius 2 is 1.02 bits per heavy atom. The van der Waals surface area contributed by atoms with Gasteiger partial charge in [-0.05, 0) is 86.9 Å². The van der Waals surface area contributed by atoms with E-state index in [0.717, 1.165) is 39.3 Å². The summed E-state index contributed by atoms with van der Waals surface area (Å²) in [5.74, 6) is 0.313. The van der Waals surface area contributed by atoms with Crippen LogP contribution < -0.4 is 0 Å². The maximum Gasteiger partial charge on any atom is 0.128 e. The van der Waals surface area contributed by atoms with Gasteiger partial charge >= 0.3 is 0 Å². The molecular weight excluding hydrogens is 500 g/mol. The fourth-order valence-electron chi connectivity index (χ4n) is 4.97. The largest absolute Gasteiger partial charge is 0.507 e. The molecule has 0 unspecified atom stereocenters. The van der Waals surface area contributed by atoms with Crippen LogP contribution in [0.1, 0.15) is 105 Å². The standard InChI is InChI=1S/C38H48N2O/c1-35(2,3)26-18-24(31-15-13-14-16-39-31)17-25(19-26)32-22-28(37(7,8)9)23-33(40-32)29-20-27(36(4,5)6)21-30(34(29)41)38(10,11)12/h13-23,41H,1-12H3. The molecular formula is C38H48N2O. The number of hydrogen-bond donors (Lipinski definition) is 1. The van der Waals surface area contributed by atoms with Gasteiger partial charge in [-0.15, -0.1) is 0 Å². The van der Waals surface area contributed by atoms with Gasteiger partial charge in [0.15, 0.2) is 0 Å². The van der Waals surface area contributed by atoms with Crippen molar-refractivity contribution in [2.24, 2.45) is 0 Å². The van der Waals surface area contributed by atoms with Crippen LogP contribution in [-0.2, 0) is 21.7 Å². The molecule has 0 aliphatic carbocycles. The zero-order valence-corrected chi connectivity index (χ0v) is 27.2. The molecule has 0 spiro atoms. The van der Waals surface area contributed by atoms with Crippen molar-refractivity contribution in [2.75, 3.05) is 0 Å². The first kappa shape index (κ1) is 30.5. The summed E-state index contributed by atoms with van der Waals surface area (Å²) in [4.78, 5) is 9.92. The van der Waals surface area contributed by atoms with E-state index in [4.69, 9.17) is 4.98 Å². The van der Waals surface area contributed by atoms with Gasteiger partial charge in [0.1, 0.15) is 5.75 Å². The van der Waals surface area contributed by atoms with Gasteiger partial charge in [-0.1, -0.05) is 95.2 Å². The van der Waals surface area contributed by atoms with Crippen molar-refractivity contribution >= 4 is 0 Å². The van der Waals surface area contributed by atoms with Crippen LogP contribution in [0.15, 0.2) is 66.9 Å². The van der Waals surface area contributed by atoms with E-state index in [-0.39, 0.29) is 21.7 Å². The Labute approximate surface area is 248 Å². The van der Waals surface area contributed by atoms with Gasteiger partial charge in [-0.2, -0.15) is 0 Å². The molecule has 2 aromatic carbocycles. The van der Waals surface area contributed by atoms with E-state index in [9.17, 15) is 5.11 Å². The average molecular weight is 549 g/mol. The predicted octanol–water partition coefficient (Wildman–Crippen LogP) is 10.4. The van der Waals surface area contributed by atoms with Crippen LogP contribution in [0.3, 0.4) is 0 Å². The molecule has 4 rings (SSSR count). The molecule has 0 aliphatic heterocycles. The molecule has 4 aromatic rings. The molecule has 1 N–H and O–H groups in total. The summed E-state index contributed by atoms with van der Waals surface area (Å²) in [6.07, 6.45) is 1.84. The Hall–Kier alpha value is -3.46.